The SMILES string of the molecule is CC(Nc1cccc(S(N)(=O)=O)c1)c1cc(Br)cs1. The zero-order chi connectivity index (χ0) is 14.0. The normalized spacial score (nSPS) is 13.2. The molecule has 1 unspecified atom stereocenters. The van der Waals surface area contributed by atoms with Crippen LogP contribution in [0.25, 0.3) is 0 Å². The van der Waals surface area contributed by atoms with Crippen molar-refractivity contribution in [3.05, 3.63) is 45.1 Å². The molecular weight excluding hydrogens is 348 g/mol. The fraction of sp³-hybridized carbons (Fsp3) is 0.167. The Balaban J connectivity index is 2.20. The molecule has 0 spiro atoms. The second-order valence-electron chi connectivity index (χ2n) is 4.11. The van der Waals surface area contributed by atoms with Crippen LogP contribution >= 0.6 is 27.3 Å². The highest BCUT2D eigenvalue weighted by atomic mass is 79.9. The lowest BCUT2D eigenvalue weighted by Crippen LogP contribution is -2.13. The van der Waals surface area contributed by atoms with E-state index in [-0.39, 0.29) is 10.9 Å². The fourth-order valence-corrected chi connectivity index (χ4v) is 3.65. The monoisotopic (exact) mass is 360 g/mol. The van der Waals surface area contributed by atoms with Gasteiger partial charge in [-0.15, -0.1) is 11.3 Å². The molecule has 7 heteroatoms. The summed E-state index contributed by atoms with van der Waals surface area (Å²) in [5.41, 5.74) is 0.726. The first-order valence-electron chi connectivity index (χ1n) is 5.49. The number of benzene rings is 1. The van der Waals surface area contributed by atoms with Crippen LogP contribution in [0.2, 0.25) is 0 Å². The van der Waals surface area contributed by atoms with Crippen molar-refractivity contribution in [2.45, 2.75) is 17.9 Å². The summed E-state index contributed by atoms with van der Waals surface area (Å²) >= 11 is 5.04. The molecule has 2 aromatic rings. The van der Waals surface area contributed by atoms with E-state index in [2.05, 4.69) is 21.2 Å². The molecule has 0 fully saturated rings. The van der Waals surface area contributed by atoms with Crippen molar-refractivity contribution >= 4 is 43.0 Å². The van der Waals surface area contributed by atoms with Gasteiger partial charge in [0.05, 0.1) is 10.9 Å². The Labute approximate surface area is 124 Å². The number of nitrogens with one attached hydrogen (secondary N) is 1. The Morgan fingerprint density at radius 2 is 2.11 bits per heavy atom. The van der Waals surface area contributed by atoms with Crippen LogP contribution in [0.3, 0.4) is 0 Å². The highest BCUT2D eigenvalue weighted by Crippen LogP contribution is 2.28. The summed E-state index contributed by atoms with van der Waals surface area (Å²) in [6.45, 7) is 2.02. The summed E-state index contributed by atoms with van der Waals surface area (Å²) in [5, 5.41) is 10.4. The maximum Gasteiger partial charge on any atom is 0.238 e. The van der Waals surface area contributed by atoms with E-state index in [1.807, 2.05) is 24.4 Å². The van der Waals surface area contributed by atoms with Gasteiger partial charge in [-0.2, -0.15) is 0 Å². The summed E-state index contributed by atoms with van der Waals surface area (Å²) in [4.78, 5) is 1.27. The number of halogens is 1. The van der Waals surface area contributed by atoms with Crippen molar-refractivity contribution in [3.8, 4) is 0 Å². The quantitative estimate of drug-likeness (QED) is 0.877. The Morgan fingerprint density at radius 3 is 2.68 bits per heavy atom. The van der Waals surface area contributed by atoms with E-state index in [0.29, 0.717) is 0 Å². The zero-order valence-electron chi connectivity index (χ0n) is 10.1. The number of primary sulfonamides is 1. The van der Waals surface area contributed by atoms with Crippen LogP contribution in [-0.4, -0.2) is 8.42 Å². The molecule has 0 saturated carbocycles. The zero-order valence-corrected chi connectivity index (χ0v) is 13.3. The Bertz CT molecular complexity index is 683. The molecule has 0 aliphatic heterocycles. The van der Waals surface area contributed by atoms with E-state index >= 15 is 0 Å². The lowest BCUT2D eigenvalue weighted by atomic mass is 10.2. The molecule has 2 rings (SSSR count). The number of sulfonamides is 1. The van der Waals surface area contributed by atoms with Gasteiger partial charge in [0.1, 0.15) is 0 Å². The van der Waals surface area contributed by atoms with Crippen LogP contribution in [0.1, 0.15) is 17.8 Å². The molecular formula is C12H13BrN2O2S2. The molecule has 19 heavy (non-hydrogen) atoms. The van der Waals surface area contributed by atoms with Crippen molar-refractivity contribution < 1.29 is 8.42 Å². The van der Waals surface area contributed by atoms with Gasteiger partial charge in [0, 0.05) is 20.4 Å². The molecule has 1 heterocycles. The molecule has 1 aromatic carbocycles. The fourth-order valence-electron chi connectivity index (χ4n) is 1.64. The first kappa shape index (κ1) is 14.5. The number of hydrogen-bond acceptors (Lipinski definition) is 4. The van der Waals surface area contributed by atoms with E-state index in [0.717, 1.165) is 15.0 Å². The molecule has 0 saturated heterocycles. The highest BCUT2D eigenvalue weighted by Gasteiger charge is 2.11. The number of hydrogen-bond donors (Lipinski definition) is 2. The van der Waals surface area contributed by atoms with Crippen molar-refractivity contribution in [1.82, 2.24) is 0 Å². The van der Waals surface area contributed by atoms with Crippen molar-refractivity contribution in [3.63, 3.8) is 0 Å². The third-order valence-corrected chi connectivity index (χ3v) is 5.35. The number of anilines is 1. The third kappa shape index (κ3) is 3.79. The summed E-state index contributed by atoms with van der Waals surface area (Å²) < 4.78 is 23.6. The maximum absolute atomic E-state index is 11.3. The topological polar surface area (TPSA) is 72.2 Å². The van der Waals surface area contributed by atoms with Gasteiger partial charge in [0.15, 0.2) is 0 Å². The van der Waals surface area contributed by atoms with Gasteiger partial charge >= 0.3 is 0 Å². The average molecular weight is 361 g/mol. The van der Waals surface area contributed by atoms with Crippen LogP contribution in [0, 0.1) is 0 Å². The van der Waals surface area contributed by atoms with Crippen LogP contribution in [0.15, 0.2) is 45.1 Å². The molecule has 0 amide bonds. The molecule has 1 atom stereocenters. The average Bonchev–Trinajstić information content (AvgIpc) is 2.75. The minimum Gasteiger partial charge on any atom is -0.378 e. The smallest absolute Gasteiger partial charge is 0.238 e. The molecule has 102 valence electrons. The predicted molar refractivity (Wildman–Crippen MR) is 81.9 cm³/mol. The second-order valence-corrected chi connectivity index (χ2v) is 7.53. The van der Waals surface area contributed by atoms with E-state index < -0.39 is 10.0 Å². The number of rotatable bonds is 4. The van der Waals surface area contributed by atoms with Gasteiger partial charge in [-0.05, 0) is 47.1 Å². The molecule has 0 radical (unpaired) electrons. The van der Waals surface area contributed by atoms with Gasteiger partial charge in [0.25, 0.3) is 0 Å². The Morgan fingerprint density at radius 1 is 1.37 bits per heavy atom. The minimum absolute atomic E-state index is 0.0898. The standard InChI is InChI=1S/C12H13BrN2O2S2/c1-8(12-5-9(13)7-18-12)15-10-3-2-4-11(6-10)19(14,16)17/h2-8,15H,1H3,(H2,14,16,17). The van der Waals surface area contributed by atoms with Crippen LogP contribution < -0.4 is 10.5 Å². The first-order valence-corrected chi connectivity index (χ1v) is 8.71. The summed E-state index contributed by atoms with van der Waals surface area (Å²) in [5.74, 6) is 0. The molecule has 1 aromatic heterocycles. The van der Waals surface area contributed by atoms with Crippen molar-refractivity contribution in [2.24, 2.45) is 5.14 Å². The molecule has 0 bridgehead atoms. The number of nitrogens with two attached hydrogens (primary N) is 1. The van der Waals surface area contributed by atoms with Gasteiger partial charge in [-0.25, -0.2) is 13.6 Å². The summed E-state index contributed by atoms with van der Waals surface area (Å²) in [7, 11) is -3.67. The van der Waals surface area contributed by atoms with E-state index in [1.54, 1.807) is 17.4 Å². The number of thiophene rings is 1. The van der Waals surface area contributed by atoms with Crippen LogP contribution in [0.4, 0.5) is 5.69 Å². The van der Waals surface area contributed by atoms with Gasteiger partial charge in [0.2, 0.25) is 10.0 Å². The van der Waals surface area contributed by atoms with Crippen LogP contribution in [-0.2, 0) is 10.0 Å². The van der Waals surface area contributed by atoms with E-state index in [1.165, 1.54) is 12.1 Å². The molecule has 0 aliphatic carbocycles. The molecule has 0 aliphatic rings. The maximum atomic E-state index is 11.3. The largest absolute Gasteiger partial charge is 0.378 e. The third-order valence-electron chi connectivity index (χ3n) is 2.56. The van der Waals surface area contributed by atoms with Gasteiger partial charge in [-0.1, -0.05) is 6.07 Å². The lowest BCUT2D eigenvalue weighted by molar-refractivity contribution is 0.598. The summed E-state index contributed by atoms with van der Waals surface area (Å²) in [6.07, 6.45) is 0. The van der Waals surface area contributed by atoms with Crippen molar-refractivity contribution in [2.75, 3.05) is 5.32 Å². The van der Waals surface area contributed by atoms with Gasteiger partial charge in [-0.3, -0.25) is 0 Å². The van der Waals surface area contributed by atoms with Crippen LogP contribution in [0.5, 0.6) is 0 Å². The van der Waals surface area contributed by atoms with Crippen molar-refractivity contribution in [1.29, 1.82) is 0 Å². The first-order chi connectivity index (χ1) is 8.86. The molecule has 4 nitrogen and oxygen atoms in total. The minimum atomic E-state index is -3.67. The molecule has 3 N–H and O–H groups in total. The second kappa shape index (κ2) is 5.62. The Kier molecular flexibility index (Phi) is 4.29. The van der Waals surface area contributed by atoms with E-state index in [4.69, 9.17) is 5.14 Å². The Hall–Kier alpha value is -0.890. The summed E-state index contributed by atoms with van der Waals surface area (Å²) in [6, 6.07) is 8.62. The predicted octanol–water partition coefficient (Wildman–Crippen LogP) is 3.33. The lowest BCUT2D eigenvalue weighted by Gasteiger charge is -2.14. The van der Waals surface area contributed by atoms with E-state index in [9.17, 15) is 8.42 Å². The highest BCUT2D eigenvalue weighted by molar-refractivity contribution is 9.10. The van der Waals surface area contributed by atoms with Gasteiger partial charge < -0.3 is 5.32 Å².